The summed E-state index contributed by atoms with van der Waals surface area (Å²) in [5.41, 5.74) is 3.69. The van der Waals surface area contributed by atoms with Gasteiger partial charge in [0.25, 0.3) is 0 Å². The van der Waals surface area contributed by atoms with Crippen LogP contribution in [0, 0.1) is 6.92 Å². The van der Waals surface area contributed by atoms with Crippen molar-refractivity contribution in [3.63, 3.8) is 0 Å². The average molecular weight is 256 g/mol. The topological polar surface area (TPSA) is 46.5 Å². The molecule has 0 radical (unpaired) electrons. The molecule has 3 heteroatoms. The summed E-state index contributed by atoms with van der Waals surface area (Å²) in [6.07, 6.45) is 0.782. The standard InChI is InChI=1S/C16H16O3/c1-11-9-13(5-8-15(11)19-2)10-12-3-6-14(7-4-12)16(17)18/h3-9H,10H2,1-2H3,(H,17,18). The maximum absolute atomic E-state index is 10.8. The van der Waals surface area contributed by atoms with E-state index in [9.17, 15) is 4.79 Å². The first-order valence-corrected chi connectivity index (χ1v) is 6.06. The molecule has 0 aliphatic rings. The maximum atomic E-state index is 10.8. The molecule has 3 nitrogen and oxygen atoms in total. The summed E-state index contributed by atoms with van der Waals surface area (Å²) in [7, 11) is 1.66. The lowest BCUT2D eigenvalue weighted by Gasteiger charge is -2.07. The summed E-state index contributed by atoms with van der Waals surface area (Å²) in [4.78, 5) is 10.8. The molecular formula is C16H16O3. The van der Waals surface area contributed by atoms with Crippen LogP contribution in [0.2, 0.25) is 0 Å². The van der Waals surface area contributed by atoms with Crippen LogP contribution >= 0.6 is 0 Å². The van der Waals surface area contributed by atoms with Crippen molar-refractivity contribution in [1.82, 2.24) is 0 Å². The van der Waals surface area contributed by atoms with Gasteiger partial charge >= 0.3 is 5.97 Å². The number of aryl methyl sites for hydroxylation is 1. The molecule has 0 unspecified atom stereocenters. The molecule has 1 N–H and O–H groups in total. The van der Waals surface area contributed by atoms with Crippen LogP contribution in [0.25, 0.3) is 0 Å². The minimum absolute atomic E-state index is 0.315. The highest BCUT2D eigenvalue weighted by molar-refractivity contribution is 5.87. The van der Waals surface area contributed by atoms with E-state index < -0.39 is 5.97 Å². The van der Waals surface area contributed by atoms with Crippen molar-refractivity contribution in [3.05, 3.63) is 64.7 Å². The Labute approximate surface area is 112 Å². The SMILES string of the molecule is COc1ccc(Cc2ccc(C(=O)O)cc2)cc1C. The van der Waals surface area contributed by atoms with Gasteiger partial charge in [-0.3, -0.25) is 0 Å². The van der Waals surface area contributed by atoms with Crippen LogP contribution in [0.4, 0.5) is 0 Å². The van der Waals surface area contributed by atoms with Gasteiger partial charge < -0.3 is 9.84 Å². The lowest BCUT2D eigenvalue weighted by atomic mass is 10.0. The largest absolute Gasteiger partial charge is 0.496 e. The number of carbonyl (C=O) groups is 1. The summed E-state index contributed by atoms with van der Waals surface area (Å²) in [6, 6.07) is 13.0. The van der Waals surface area contributed by atoms with Gasteiger partial charge in [-0.1, -0.05) is 24.3 Å². The first-order valence-electron chi connectivity index (χ1n) is 6.06. The molecule has 0 amide bonds. The molecular weight excluding hydrogens is 240 g/mol. The van der Waals surface area contributed by atoms with Crippen molar-refractivity contribution in [1.29, 1.82) is 0 Å². The van der Waals surface area contributed by atoms with Gasteiger partial charge in [-0.05, 0) is 48.2 Å². The van der Waals surface area contributed by atoms with Gasteiger partial charge in [-0.2, -0.15) is 0 Å². The Kier molecular flexibility index (Phi) is 3.85. The molecule has 0 heterocycles. The molecule has 0 atom stereocenters. The van der Waals surface area contributed by atoms with Crippen molar-refractivity contribution in [3.8, 4) is 5.75 Å². The Bertz CT molecular complexity index is 585. The number of carboxylic acids is 1. The molecule has 19 heavy (non-hydrogen) atoms. The molecule has 2 aromatic rings. The van der Waals surface area contributed by atoms with E-state index in [0.29, 0.717) is 5.56 Å². The van der Waals surface area contributed by atoms with Crippen molar-refractivity contribution >= 4 is 5.97 Å². The van der Waals surface area contributed by atoms with E-state index in [1.54, 1.807) is 19.2 Å². The van der Waals surface area contributed by atoms with Crippen molar-refractivity contribution in [2.45, 2.75) is 13.3 Å². The Hall–Kier alpha value is -2.29. The fraction of sp³-hybridized carbons (Fsp3) is 0.188. The van der Waals surface area contributed by atoms with Gasteiger partial charge in [0.1, 0.15) is 5.75 Å². The van der Waals surface area contributed by atoms with E-state index in [1.165, 1.54) is 5.56 Å². The zero-order valence-electron chi connectivity index (χ0n) is 11.0. The van der Waals surface area contributed by atoms with Crippen LogP contribution in [0.15, 0.2) is 42.5 Å². The fourth-order valence-electron chi connectivity index (χ4n) is 2.05. The van der Waals surface area contributed by atoms with Crippen LogP contribution in [-0.4, -0.2) is 18.2 Å². The third-order valence-corrected chi connectivity index (χ3v) is 3.07. The molecule has 98 valence electrons. The predicted octanol–water partition coefficient (Wildman–Crippen LogP) is 3.29. The molecule has 2 aromatic carbocycles. The monoisotopic (exact) mass is 256 g/mol. The number of ether oxygens (including phenoxy) is 1. The summed E-state index contributed by atoms with van der Waals surface area (Å²) < 4.78 is 5.23. The zero-order valence-corrected chi connectivity index (χ0v) is 11.0. The van der Waals surface area contributed by atoms with Crippen LogP contribution in [0.5, 0.6) is 5.75 Å². The quantitative estimate of drug-likeness (QED) is 0.913. The van der Waals surface area contributed by atoms with Crippen LogP contribution < -0.4 is 4.74 Å². The number of methoxy groups -OCH3 is 1. The van der Waals surface area contributed by atoms with Gasteiger partial charge in [0.15, 0.2) is 0 Å². The van der Waals surface area contributed by atoms with E-state index >= 15 is 0 Å². The normalized spacial score (nSPS) is 10.2. The summed E-state index contributed by atoms with van der Waals surface area (Å²) in [5, 5.41) is 8.85. The second kappa shape index (κ2) is 5.57. The van der Waals surface area contributed by atoms with E-state index in [4.69, 9.17) is 9.84 Å². The van der Waals surface area contributed by atoms with Crippen LogP contribution in [-0.2, 0) is 6.42 Å². The molecule has 0 aliphatic carbocycles. The van der Waals surface area contributed by atoms with Gasteiger partial charge in [-0.25, -0.2) is 4.79 Å². The van der Waals surface area contributed by atoms with E-state index in [0.717, 1.165) is 23.3 Å². The number of hydrogen-bond acceptors (Lipinski definition) is 2. The molecule has 0 spiro atoms. The summed E-state index contributed by atoms with van der Waals surface area (Å²) in [5.74, 6) is -0.0168. The molecule has 0 saturated carbocycles. The first-order chi connectivity index (χ1) is 9.10. The minimum Gasteiger partial charge on any atom is -0.496 e. The molecule has 2 rings (SSSR count). The maximum Gasteiger partial charge on any atom is 0.335 e. The second-order valence-corrected chi connectivity index (χ2v) is 4.48. The van der Waals surface area contributed by atoms with Crippen LogP contribution in [0.3, 0.4) is 0 Å². The van der Waals surface area contributed by atoms with Gasteiger partial charge in [-0.15, -0.1) is 0 Å². The van der Waals surface area contributed by atoms with E-state index in [1.807, 2.05) is 31.2 Å². The summed E-state index contributed by atoms with van der Waals surface area (Å²) in [6.45, 7) is 2.01. The van der Waals surface area contributed by atoms with E-state index in [-0.39, 0.29) is 0 Å². The third kappa shape index (κ3) is 3.13. The fourth-order valence-corrected chi connectivity index (χ4v) is 2.05. The first kappa shape index (κ1) is 13.1. The van der Waals surface area contributed by atoms with Crippen molar-refractivity contribution in [2.24, 2.45) is 0 Å². The van der Waals surface area contributed by atoms with Gasteiger partial charge in [0.05, 0.1) is 12.7 Å². The van der Waals surface area contributed by atoms with Crippen LogP contribution in [0.1, 0.15) is 27.0 Å². The number of aromatic carboxylic acids is 1. The predicted molar refractivity (Wildman–Crippen MR) is 73.9 cm³/mol. The summed E-state index contributed by atoms with van der Waals surface area (Å²) >= 11 is 0. The molecule has 0 saturated heterocycles. The zero-order chi connectivity index (χ0) is 13.8. The number of rotatable bonds is 4. The van der Waals surface area contributed by atoms with Gasteiger partial charge in [0, 0.05) is 0 Å². The lowest BCUT2D eigenvalue weighted by molar-refractivity contribution is 0.0697. The average Bonchev–Trinajstić information content (AvgIpc) is 2.39. The highest BCUT2D eigenvalue weighted by Crippen LogP contribution is 2.20. The lowest BCUT2D eigenvalue weighted by Crippen LogP contribution is -1.97. The Balaban J connectivity index is 2.16. The Morgan fingerprint density at radius 1 is 1.11 bits per heavy atom. The second-order valence-electron chi connectivity index (χ2n) is 4.48. The smallest absolute Gasteiger partial charge is 0.335 e. The Morgan fingerprint density at radius 3 is 2.26 bits per heavy atom. The molecule has 0 aromatic heterocycles. The number of benzene rings is 2. The van der Waals surface area contributed by atoms with Gasteiger partial charge in [0.2, 0.25) is 0 Å². The molecule has 0 aliphatic heterocycles. The van der Waals surface area contributed by atoms with Crippen molar-refractivity contribution < 1.29 is 14.6 Å². The molecule has 0 bridgehead atoms. The van der Waals surface area contributed by atoms with Crippen molar-refractivity contribution in [2.75, 3.05) is 7.11 Å². The molecule has 0 fully saturated rings. The Morgan fingerprint density at radius 2 is 1.74 bits per heavy atom. The number of carboxylic acid groups (broad SMARTS) is 1. The van der Waals surface area contributed by atoms with E-state index in [2.05, 4.69) is 6.07 Å². The highest BCUT2D eigenvalue weighted by Gasteiger charge is 2.04. The minimum atomic E-state index is -0.896. The third-order valence-electron chi connectivity index (χ3n) is 3.07. The highest BCUT2D eigenvalue weighted by atomic mass is 16.5. The number of hydrogen-bond donors (Lipinski definition) is 1.